The molecule has 0 radical (unpaired) electrons. The molecule has 2 atom stereocenters. The second-order valence-electron chi connectivity index (χ2n) is 6.68. The molecule has 1 aliphatic rings. The van der Waals surface area contributed by atoms with Crippen LogP contribution in [0.1, 0.15) is 37.6 Å². The fraction of sp³-hybridized carbons (Fsp3) is 0.556. The molecule has 4 nitrogen and oxygen atoms in total. The molecule has 5 heteroatoms. The van der Waals surface area contributed by atoms with Gasteiger partial charge in [0.25, 0.3) is 0 Å². The Labute approximate surface area is 141 Å². The SMILES string of the molecule is C[C@@H]1CCCC[C@H]1NC(=O)CN(C)Cc1nc2ccccc2s1. The summed E-state index contributed by atoms with van der Waals surface area (Å²) in [5.41, 5.74) is 1.04. The first kappa shape index (κ1) is 16.4. The highest BCUT2D eigenvalue weighted by Crippen LogP contribution is 2.24. The summed E-state index contributed by atoms with van der Waals surface area (Å²) in [6, 6.07) is 8.52. The third-order valence-electron chi connectivity index (χ3n) is 4.61. The van der Waals surface area contributed by atoms with Gasteiger partial charge >= 0.3 is 0 Å². The lowest BCUT2D eigenvalue weighted by Gasteiger charge is -2.30. The van der Waals surface area contributed by atoms with Crippen LogP contribution in [-0.4, -0.2) is 35.4 Å². The zero-order valence-electron chi connectivity index (χ0n) is 13.9. The Morgan fingerprint density at radius 1 is 1.35 bits per heavy atom. The van der Waals surface area contributed by atoms with E-state index >= 15 is 0 Å². The van der Waals surface area contributed by atoms with Crippen LogP contribution in [0.3, 0.4) is 0 Å². The molecule has 1 amide bonds. The van der Waals surface area contributed by atoms with E-state index in [9.17, 15) is 4.79 Å². The minimum atomic E-state index is 0.132. The van der Waals surface area contributed by atoms with Crippen molar-refractivity contribution in [1.29, 1.82) is 0 Å². The van der Waals surface area contributed by atoms with Crippen molar-refractivity contribution in [3.05, 3.63) is 29.3 Å². The van der Waals surface area contributed by atoms with Gasteiger partial charge in [-0.1, -0.05) is 31.9 Å². The van der Waals surface area contributed by atoms with Crippen LogP contribution in [-0.2, 0) is 11.3 Å². The van der Waals surface area contributed by atoms with Gasteiger partial charge in [0.15, 0.2) is 0 Å². The number of carbonyl (C=O) groups is 1. The summed E-state index contributed by atoms with van der Waals surface area (Å²) in [6.07, 6.45) is 4.88. The molecule has 0 unspecified atom stereocenters. The molecule has 3 rings (SSSR count). The average Bonchev–Trinajstić information content (AvgIpc) is 2.91. The molecule has 0 aliphatic heterocycles. The molecule has 1 saturated carbocycles. The molecular formula is C18H25N3OS. The number of benzene rings is 1. The standard InChI is InChI=1S/C18H25N3OS/c1-13-7-3-4-8-14(13)19-17(22)11-21(2)12-18-20-15-9-5-6-10-16(15)23-18/h5-6,9-10,13-14H,3-4,7-8,11-12H2,1-2H3,(H,19,22)/t13-,14-/m1/s1. The number of nitrogens with zero attached hydrogens (tertiary/aromatic N) is 2. The zero-order chi connectivity index (χ0) is 16.2. The Morgan fingerprint density at radius 3 is 2.91 bits per heavy atom. The van der Waals surface area contributed by atoms with Gasteiger partial charge in [-0.25, -0.2) is 4.98 Å². The molecular weight excluding hydrogens is 306 g/mol. The van der Waals surface area contributed by atoms with Gasteiger partial charge in [-0.3, -0.25) is 9.69 Å². The maximum absolute atomic E-state index is 12.3. The van der Waals surface area contributed by atoms with Gasteiger partial charge in [-0.15, -0.1) is 11.3 Å². The van der Waals surface area contributed by atoms with E-state index < -0.39 is 0 Å². The first-order valence-electron chi connectivity index (χ1n) is 8.44. The lowest BCUT2D eigenvalue weighted by atomic mass is 9.86. The monoisotopic (exact) mass is 331 g/mol. The normalized spacial score (nSPS) is 21.7. The van der Waals surface area contributed by atoms with Crippen LogP contribution in [0.25, 0.3) is 10.2 Å². The Bertz CT molecular complexity index is 636. The van der Waals surface area contributed by atoms with Gasteiger partial charge in [0.2, 0.25) is 5.91 Å². The van der Waals surface area contributed by atoms with Crippen molar-refractivity contribution in [2.75, 3.05) is 13.6 Å². The van der Waals surface area contributed by atoms with Crippen molar-refractivity contribution in [2.24, 2.45) is 5.92 Å². The van der Waals surface area contributed by atoms with E-state index in [1.807, 2.05) is 30.1 Å². The molecule has 124 valence electrons. The molecule has 1 heterocycles. The summed E-state index contributed by atoms with van der Waals surface area (Å²) in [7, 11) is 1.98. The summed E-state index contributed by atoms with van der Waals surface area (Å²) in [5, 5.41) is 4.28. The molecule has 1 aromatic heterocycles. The number of fused-ring (bicyclic) bond motifs is 1. The number of nitrogens with one attached hydrogen (secondary N) is 1. The van der Waals surface area contributed by atoms with E-state index in [-0.39, 0.29) is 5.91 Å². The molecule has 1 fully saturated rings. The highest BCUT2D eigenvalue weighted by molar-refractivity contribution is 7.18. The lowest BCUT2D eigenvalue weighted by Crippen LogP contribution is -2.44. The highest BCUT2D eigenvalue weighted by Gasteiger charge is 2.23. The van der Waals surface area contributed by atoms with Gasteiger partial charge in [0, 0.05) is 6.04 Å². The fourth-order valence-electron chi connectivity index (χ4n) is 3.30. The summed E-state index contributed by atoms with van der Waals surface area (Å²) >= 11 is 1.70. The Kier molecular flexibility index (Phi) is 5.28. The van der Waals surface area contributed by atoms with Gasteiger partial charge in [-0.2, -0.15) is 0 Å². The van der Waals surface area contributed by atoms with Crippen molar-refractivity contribution in [3.8, 4) is 0 Å². The maximum Gasteiger partial charge on any atom is 0.234 e. The fourth-order valence-corrected chi connectivity index (χ4v) is 4.35. The van der Waals surface area contributed by atoms with Crippen LogP contribution in [0.4, 0.5) is 0 Å². The van der Waals surface area contributed by atoms with E-state index in [4.69, 9.17) is 0 Å². The Hall–Kier alpha value is -1.46. The third kappa shape index (κ3) is 4.30. The van der Waals surface area contributed by atoms with E-state index in [1.54, 1.807) is 11.3 Å². The summed E-state index contributed by atoms with van der Waals surface area (Å²) < 4.78 is 1.20. The van der Waals surface area contributed by atoms with Gasteiger partial charge in [0.05, 0.1) is 23.3 Å². The number of aromatic nitrogens is 1. The van der Waals surface area contributed by atoms with Gasteiger partial charge in [-0.05, 0) is 37.9 Å². The molecule has 1 aromatic carbocycles. The van der Waals surface area contributed by atoms with E-state index in [0.29, 0.717) is 25.0 Å². The predicted molar refractivity (Wildman–Crippen MR) is 95.5 cm³/mol. The minimum absolute atomic E-state index is 0.132. The quantitative estimate of drug-likeness (QED) is 0.913. The molecule has 1 aliphatic carbocycles. The Morgan fingerprint density at radius 2 is 2.13 bits per heavy atom. The Balaban J connectivity index is 1.52. The summed E-state index contributed by atoms with van der Waals surface area (Å²) in [4.78, 5) is 18.9. The lowest BCUT2D eigenvalue weighted by molar-refractivity contribution is -0.123. The molecule has 1 N–H and O–H groups in total. The van der Waals surface area contributed by atoms with Crippen molar-refractivity contribution in [3.63, 3.8) is 0 Å². The maximum atomic E-state index is 12.3. The number of likely N-dealkylation sites (N-methyl/N-ethyl adjacent to an activating group) is 1. The molecule has 0 bridgehead atoms. The molecule has 2 aromatic rings. The topological polar surface area (TPSA) is 45.2 Å². The predicted octanol–water partition coefficient (Wildman–Crippen LogP) is 3.42. The first-order chi connectivity index (χ1) is 11.1. The first-order valence-corrected chi connectivity index (χ1v) is 9.26. The number of carbonyl (C=O) groups excluding carboxylic acids is 1. The van der Waals surface area contributed by atoms with E-state index in [1.165, 1.54) is 24.0 Å². The number of para-hydroxylation sites is 1. The number of hydrogen-bond donors (Lipinski definition) is 1. The van der Waals surface area contributed by atoms with Crippen LogP contribution in [0.2, 0.25) is 0 Å². The third-order valence-corrected chi connectivity index (χ3v) is 5.64. The second-order valence-corrected chi connectivity index (χ2v) is 7.80. The van der Waals surface area contributed by atoms with Crippen LogP contribution >= 0.6 is 11.3 Å². The highest BCUT2D eigenvalue weighted by atomic mass is 32.1. The largest absolute Gasteiger partial charge is 0.352 e. The van der Waals surface area contributed by atoms with Crippen LogP contribution in [0.15, 0.2) is 24.3 Å². The molecule has 0 saturated heterocycles. The number of hydrogen-bond acceptors (Lipinski definition) is 4. The van der Waals surface area contributed by atoms with Gasteiger partial charge in [0.1, 0.15) is 5.01 Å². The van der Waals surface area contributed by atoms with E-state index in [0.717, 1.165) is 16.9 Å². The minimum Gasteiger partial charge on any atom is -0.352 e. The van der Waals surface area contributed by atoms with Crippen LogP contribution in [0, 0.1) is 5.92 Å². The zero-order valence-corrected chi connectivity index (χ0v) is 14.7. The van der Waals surface area contributed by atoms with Crippen LogP contribution in [0.5, 0.6) is 0 Å². The van der Waals surface area contributed by atoms with Crippen molar-refractivity contribution in [1.82, 2.24) is 15.2 Å². The van der Waals surface area contributed by atoms with Crippen molar-refractivity contribution in [2.45, 2.75) is 45.2 Å². The van der Waals surface area contributed by atoms with E-state index in [2.05, 4.69) is 23.3 Å². The van der Waals surface area contributed by atoms with Gasteiger partial charge < -0.3 is 5.32 Å². The average molecular weight is 331 g/mol. The smallest absolute Gasteiger partial charge is 0.234 e. The molecule has 23 heavy (non-hydrogen) atoms. The molecule has 0 spiro atoms. The number of amides is 1. The summed E-state index contributed by atoms with van der Waals surface area (Å²) in [6.45, 7) is 3.39. The second kappa shape index (κ2) is 7.41. The summed E-state index contributed by atoms with van der Waals surface area (Å²) in [5.74, 6) is 0.731. The number of rotatable bonds is 5. The number of thiazole rings is 1. The van der Waals surface area contributed by atoms with Crippen molar-refractivity contribution < 1.29 is 4.79 Å². The van der Waals surface area contributed by atoms with Crippen LogP contribution < -0.4 is 5.32 Å². The van der Waals surface area contributed by atoms with Crippen molar-refractivity contribution >= 4 is 27.5 Å².